The second-order valence-electron chi connectivity index (χ2n) is 4.91. The van der Waals surface area contributed by atoms with Crippen molar-refractivity contribution in [2.24, 2.45) is 0 Å². The summed E-state index contributed by atoms with van der Waals surface area (Å²) < 4.78 is 0. The molecule has 6 heteroatoms. The van der Waals surface area contributed by atoms with E-state index in [1.807, 2.05) is 36.6 Å². The molecule has 0 unspecified atom stereocenters. The van der Waals surface area contributed by atoms with Gasteiger partial charge < -0.3 is 10.4 Å². The molecule has 118 valence electrons. The lowest BCUT2D eigenvalue weighted by atomic mass is 10.1. The van der Waals surface area contributed by atoms with Crippen LogP contribution in [-0.2, 0) is 17.8 Å². The van der Waals surface area contributed by atoms with E-state index in [4.69, 9.17) is 5.11 Å². The Morgan fingerprint density at radius 2 is 2.09 bits per heavy atom. The van der Waals surface area contributed by atoms with Gasteiger partial charge in [0, 0.05) is 31.1 Å². The van der Waals surface area contributed by atoms with E-state index in [1.165, 1.54) is 11.3 Å². The molecule has 1 amide bonds. The summed E-state index contributed by atoms with van der Waals surface area (Å²) in [5, 5.41) is 14.9. The number of aromatic nitrogens is 1. The summed E-state index contributed by atoms with van der Waals surface area (Å²) in [6.45, 7) is 4.90. The number of aliphatic hydroxyl groups excluding tert-OH is 1. The summed E-state index contributed by atoms with van der Waals surface area (Å²) in [6.07, 6.45) is 0.674. The van der Waals surface area contributed by atoms with Gasteiger partial charge in [-0.25, -0.2) is 4.98 Å². The highest BCUT2D eigenvalue weighted by Gasteiger charge is 2.13. The van der Waals surface area contributed by atoms with Gasteiger partial charge in [-0.3, -0.25) is 9.69 Å². The summed E-state index contributed by atoms with van der Waals surface area (Å²) in [6, 6.07) is 7.98. The number of nitrogens with zero attached hydrogens (tertiary/aromatic N) is 2. The largest absolute Gasteiger partial charge is 0.396 e. The monoisotopic (exact) mass is 319 g/mol. The Labute approximate surface area is 134 Å². The third-order valence-electron chi connectivity index (χ3n) is 3.29. The molecule has 22 heavy (non-hydrogen) atoms. The molecule has 2 N–H and O–H groups in total. The van der Waals surface area contributed by atoms with Crippen LogP contribution in [0.25, 0.3) is 0 Å². The van der Waals surface area contributed by atoms with Gasteiger partial charge in [0.15, 0.2) is 5.13 Å². The number of carbonyl (C=O) groups excluding carboxylic acids is 1. The zero-order valence-electron chi connectivity index (χ0n) is 12.9. The lowest BCUT2D eigenvalue weighted by Crippen LogP contribution is -2.27. The number of hydrogen-bond donors (Lipinski definition) is 2. The van der Waals surface area contributed by atoms with Crippen LogP contribution in [0.3, 0.4) is 0 Å². The fourth-order valence-corrected chi connectivity index (χ4v) is 3.04. The maximum absolute atomic E-state index is 11.5. The molecule has 1 aromatic carbocycles. The quantitative estimate of drug-likeness (QED) is 0.823. The average Bonchev–Trinajstić information content (AvgIpc) is 2.96. The van der Waals surface area contributed by atoms with Gasteiger partial charge in [0.05, 0.1) is 12.2 Å². The Morgan fingerprint density at radius 3 is 2.68 bits per heavy atom. The Morgan fingerprint density at radius 1 is 1.36 bits per heavy atom. The van der Waals surface area contributed by atoms with E-state index in [9.17, 15) is 4.79 Å². The van der Waals surface area contributed by atoms with Crippen LogP contribution in [0.5, 0.6) is 0 Å². The van der Waals surface area contributed by atoms with Crippen molar-refractivity contribution in [1.82, 2.24) is 4.98 Å². The summed E-state index contributed by atoms with van der Waals surface area (Å²) in [4.78, 5) is 17.7. The van der Waals surface area contributed by atoms with Crippen LogP contribution in [-0.4, -0.2) is 29.1 Å². The maximum Gasteiger partial charge on any atom is 0.225 e. The number of amides is 1. The first kappa shape index (κ1) is 16.5. The minimum atomic E-state index is 0.0100. The lowest BCUT2D eigenvalue weighted by molar-refractivity contribution is -0.116. The molecule has 2 rings (SSSR count). The molecule has 2 aromatic rings. The first-order chi connectivity index (χ1) is 10.6. The molecule has 5 nitrogen and oxygen atoms in total. The van der Waals surface area contributed by atoms with Crippen LogP contribution in [0, 0.1) is 0 Å². The van der Waals surface area contributed by atoms with E-state index in [2.05, 4.69) is 10.3 Å². The van der Waals surface area contributed by atoms with E-state index < -0.39 is 0 Å². The van der Waals surface area contributed by atoms with Gasteiger partial charge >= 0.3 is 0 Å². The van der Waals surface area contributed by atoms with Gasteiger partial charge in [0.25, 0.3) is 0 Å². The lowest BCUT2D eigenvalue weighted by Gasteiger charge is -2.14. The van der Waals surface area contributed by atoms with E-state index in [0.29, 0.717) is 19.5 Å². The van der Waals surface area contributed by atoms with Gasteiger partial charge in [-0.1, -0.05) is 12.1 Å². The van der Waals surface area contributed by atoms with Gasteiger partial charge in [-0.2, -0.15) is 0 Å². The molecule has 0 aliphatic rings. The molecule has 0 fully saturated rings. The normalized spacial score (nSPS) is 10.5. The van der Waals surface area contributed by atoms with Crippen LogP contribution in [0.2, 0.25) is 0 Å². The number of anilines is 2. The molecule has 0 radical (unpaired) electrons. The van der Waals surface area contributed by atoms with Crippen LogP contribution >= 0.6 is 11.3 Å². The predicted octanol–water partition coefficient (Wildman–Crippen LogP) is 2.66. The number of hydrogen-bond acceptors (Lipinski definition) is 5. The second kappa shape index (κ2) is 7.91. The molecule has 1 aromatic heterocycles. The zero-order valence-corrected chi connectivity index (χ0v) is 13.7. The van der Waals surface area contributed by atoms with Gasteiger partial charge in [0.2, 0.25) is 5.91 Å². The molecule has 0 saturated heterocycles. The van der Waals surface area contributed by atoms with Crippen LogP contribution in [0.15, 0.2) is 29.6 Å². The predicted molar refractivity (Wildman–Crippen MR) is 90.4 cm³/mol. The average molecular weight is 319 g/mol. The van der Waals surface area contributed by atoms with E-state index in [1.54, 1.807) is 11.8 Å². The summed E-state index contributed by atoms with van der Waals surface area (Å²) >= 11 is 1.48. The highest BCUT2D eigenvalue weighted by Crippen LogP contribution is 2.21. The van der Waals surface area contributed by atoms with E-state index in [-0.39, 0.29) is 12.5 Å². The topological polar surface area (TPSA) is 65.5 Å². The third kappa shape index (κ3) is 4.29. The van der Waals surface area contributed by atoms with Crippen molar-refractivity contribution in [3.8, 4) is 0 Å². The summed E-state index contributed by atoms with van der Waals surface area (Å²) in [5.41, 5.74) is 3.04. The highest BCUT2D eigenvalue weighted by molar-refractivity contribution is 7.14. The van der Waals surface area contributed by atoms with Crippen molar-refractivity contribution >= 4 is 28.1 Å². The Kier molecular flexibility index (Phi) is 5.91. The Bertz CT molecular complexity index is 610. The molecular weight excluding hydrogens is 298 g/mol. The summed E-state index contributed by atoms with van der Waals surface area (Å²) in [5.74, 6) is 0.0100. The van der Waals surface area contributed by atoms with Crippen molar-refractivity contribution in [2.75, 3.05) is 23.4 Å². The number of carbonyl (C=O) groups is 1. The zero-order chi connectivity index (χ0) is 15.9. The fraction of sp³-hybridized carbons (Fsp3) is 0.375. The molecule has 1 heterocycles. The van der Waals surface area contributed by atoms with Crippen LogP contribution in [0.1, 0.15) is 25.1 Å². The van der Waals surface area contributed by atoms with Gasteiger partial charge in [-0.05, 0) is 31.0 Å². The second-order valence-corrected chi connectivity index (χ2v) is 5.75. The number of thiazole rings is 1. The minimum Gasteiger partial charge on any atom is -0.396 e. The van der Waals surface area contributed by atoms with E-state index in [0.717, 1.165) is 22.1 Å². The SMILES string of the molecule is CCN(C(C)=O)c1nc(CNc2ccc(CCO)cc2)cs1. The minimum absolute atomic E-state index is 0.0100. The van der Waals surface area contributed by atoms with E-state index >= 15 is 0 Å². The van der Waals surface area contributed by atoms with Crippen LogP contribution in [0.4, 0.5) is 10.8 Å². The Balaban J connectivity index is 1.94. The fourth-order valence-electron chi connectivity index (χ4n) is 2.11. The highest BCUT2D eigenvalue weighted by atomic mass is 32.1. The number of benzene rings is 1. The van der Waals surface area contributed by atoms with Gasteiger partial charge in [-0.15, -0.1) is 11.3 Å². The molecule has 0 atom stereocenters. The molecule has 0 spiro atoms. The molecule has 0 aliphatic heterocycles. The smallest absolute Gasteiger partial charge is 0.225 e. The van der Waals surface area contributed by atoms with Crippen molar-refractivity contribution in [2.45, 2.75) is 26.8 Å². The first-order valence-electron chi connectivity index (χ1n) is 7.30. The van der Waals surface area contributed by atoms with Crippen molar-refractivity contribution in [1.29, 1.82) is 0 Å². The molecule has 0 aliphatic carbocycles. The maximum atomic E-state index is 11.5. The number of aliphatic hydroxyl groups is 1. The molecule has 0 bridgehead atoms. The van der Waals surface area contributed by atoms with Crippen molar-refractivity contribution in [3.05, 3.63) is 40.9 Å². The van der Waals surface area contributed by atoms with Crippen molar-refractivity contribution < 1.29 is 9.90 Å². The number of nitrogens with one attached hydrogen (secondary N) is 1. The third-order valence-corrected chi connectivity index (χ3v) is 4.21. The molecular formula is C16H21N3O2S. The van der Waals surface area contributed by atoms with Gasteiger partial charge in [0.1, 0.15) is 0 Å². The summed E-state index contributed by atoms with van der Waals surface area (Å²) in [7, 11) is 0. The van der Waals surface area contributed by atoms with Crippen LogP contribution < -0.4 is 10.2 Å². The Hall–Kier alpha value is -1.92. The standard InChI is InChI=1S/C16H21N3O2S/c1-3-19(12(2)21)16-18-15(11-22-16)10-17-14-6-4-13(5-7-14)8-9-20/h4-7,11,17,20H,3,8-10H2,1-2H3. The molecule has 0 saturated carbocycles. The van der Waals surface area contributed by atoms with Crippen molar-refractivity contribution in [3.63, 3.8) is 0 Å². The first-order valence-corrected chi connectivity index (χ1v) is 8.18. The number of rotatable bonds is 7.